The Kier molecular flexibility index (Phi) is 4.83. The van der Waals surface area contributed by atoms with Gasteiger partial charge in [-0.25, -0.2) is 0 Å². The molecule has 0 radical (unpaired) electrons. The van der Waals surface area contributed by atoms with E-state index in [2.05, 4.69) is 44.8 Å². The highest BCUT2D eigenvalue weighted by Crippen LogP contribution is 2.34. The van der Waals surface area contributed by atoms with Crippen LogP contribution in [0.5, 0.6) is 0 Å². The van der Waals surface area contributed by atoms with Crippen LogP contribution in [0.3, 0.4) is 0 Å². The number of rotatable bonds is 5. The van der Waals surface area contributed by atoms with E-state index in [9.17, 15) is 5.11 Å². The third kappa shape index (κ3) is 5.01. The van der Waals surface area contributed by atoms with Gasteiger partial charge < -0.3 is 10.4 Å². The van der Waals surface area contributed by atoms with E-state index >= 15 is 0 Å². The van der Waals surface area contributed by atoms with Gasteiger partial charge in [0.2, 0.25) is 0 Å². The number of nitrogens with zero attached hydrogens (tertiary/aromatic N) is 1. The van der Waals surface area contributed by atoms with Crippen molar-refractivity contribution in [2.24, 2.45) is 16.7 Å². The predicted molar refractivity (Wildman–Crippen MR) is 84.8 cm³/mol. The monoisotopic (exact) mass is 282 g/mol. The summed E-state index contributed by atoms with van der Waals surface area (Å²) in [7, 11) is 0. The Morgan fingerprint density at radius 3 is 2.30 bits per heavy atom. The van der Waals surface area contributed by atoms with Crippen molar-refractivity contribution in [3.8, 4) is 0 Å². The molecule has 2 saturated heterocycles. The molecule has 0 bridgehead atoms. The Labute approximate surface area is 125 Å². The predicted octanol–water partition coefficient (Wildman–Crippen LogP) is 2.49. The minimum absolute atomic E-state index is 0.0772. The van der Waals surface area contributed by atoms with Crippen molar-refractivity contribution in [2.75, 3.05) is 26.2 Å². The van der Waals surface area contributed by atoms with Crippen molar-refractivity contribution < 1.29 is 5.11 Å². The van der Waals surface area contributed by atoms with Gasteiger partial charge in [-0.05, 0) is 42.6 Å². The molecule has 3 nitrogen and oxygen atoms in total. The molecular weight excluding hydrogens is 248 g/mol. The molecule has 2 rings (SSSR count). The molecule has 2 N–H and O–H groups in total. The number of hydrogen-bond acceptors (Lipinski definition) is 3. The van der Waals surface area contributed by atoms with Crippen molar-refractivity contribution >= 4 is 0 Å². The number of hydrogen-bond donors (Lipinski definition) is 2. The van der Waals surface area contributed by atoms with Crippen molar-refractivity contribution in [3.63, 3.8) is 0 Å². The molecule has 0 aromatic carbocycles. The van der Waals surface area contributed by atoms with Crippen LogP contribution in [0.15, 0.2) is 0 Å². The standard InChI is InChI=1S/C17H34N2O/c1-16(2,3)7-13-6-14(18-9-13)8-17(4,5)12-19-10-15(20)11-19/h13-15,18,20H,6-12H2,1-5H3. The van der Waals surface area contributed by atoms with Gasteiger partial charge in [-0.1, -0.05) is 34.6 Å². The highest BCUT2D eigenvalue weighted by molar-refractivity contribution is 4.90. The first-order valence-corrected chi connectivity index (χ1v) is 8.27. The van der Waals surface area contributed by atoms with Gasteiger partial charge in [0.15, 0.2) is 0 Å². The minimum atomic E-state index is -0.0772. The van der Waals surface area contributed by atoms with Gasteiger partial charge in [-0.15, -0.1) is 0 Å². The van der Waals surface area contributed by atoms with E-state index in [0.717, 1.165) is 25.6 Å². The Balaban J connectivity index is 1.73. The summed E-state index contributed by atoms with van der Waals surface area (Å²) in [5.74, 6) is 0.849. The van der Waals surface area contributed by atoms with Crippen LogP contribution in [0.1, 0.15) is 53.9 Å². The highest BCUT2D eigenvalue weighted by Gasteiger charge is 2.34. The molecule has 0 spiro atoms. The summed E-state index contributed by atoms with van der Waals surface area (Å²) in [6.45, 7) is 15.8. The second-order valence-corrected chi connectivity index (χ2v) is 9.19. The van der Waals surface area contributed by atoms with Gasteiger partial charge in [0, 0.05) is 25.7 Å². The first-order chi connectivity index (χ1) is 9.13. The van der Waals surface area contributed by atoms with E-state index in [-0.39, 0.29) is 6.10 Å². The van der Waals surface area contributed by atoms with E-state index in [0.29, 0.717) is 16.9 Å². The topological polar surface area (TPSA) is 35.5 Å². The van der Waals surface area contributed by atoms with Gasteiger partial charge in [-0.2, -0.15) is 0 Å². The Morgan fingerprint density at radius 1 is 1.10 bits per heavy atom. The molecule has 2 aliphatic heterocycles. The van der Waals surface area contributed by atoms with Crippen molar-refractivity contribution in [1.29, 1.82) is 0 Å². The first-order valence-electron chi connectivity index (χ1n) is 8.27. The number of likely N-dealkylation sites (tertiary alicyclic amines) is 1. The maximum atomic E-state index is 9.39. The molecule has 0 aromatic heterocycles. The summed E-state index contributed by atoms with van der Waals surface area (Å²) >= 11 is 0. The number of β-amino-alcohol motifs (C(OH)–C–C–N with tert-alkyl or cyclic N) is 1. The van der Waals surface area contributed by atoms with Crippen LogP contribution >= 0.6 is 0 Å². The van der Waals surface area contributed by atoms with Crippen LogP contribution in [-0.2, 0) is 0 Å². The molecule has 2 aliphatic rings. The fraction of sp³-hybridized carbons (Fsp3) is 1.00. The quantitative estimate of drug-likeness (QED) is 0.813. The molecule has 2 atom stereocenters. The molecule has 2 unspecified atom stereocenters. The second kappa shape index (κ2) is 5.94. The molecular formula is C17H34N2O. The van der Waals surface area contributed by atoms with Gasteiger partial charge in [-0.3, -0.25) is 4.90 Å². The van der Waals surface area contributed by atoms with Crippen molar-refractivity contribution in [1.82, 2.24) is 10.2 Å². The van der Waals surface area contributed by atoms with Crippen LogP contribution in [0.4, 0.5) is 0 Å². The largest absolute Gasteiger partial charge is 0.390 e. The summed E-state index contributed by atoms with van der Waals surface area (Å²) in [4.78, 5) is 2.38. The highest BCUT2D eigenvalue weighted by atomic mass is 16.3. The molecule has 2 heterocycles. The van der Waals surface area contributed by atoms with E-state index in [4.69, 9.17) is 0 Å². The zero-order chi connectivity index (χ0) is 15.0. The average molecular weight is 282 g/mol. The minimum Gasteiger partial charge on any atom is -0.390 e. The van der Waals surface area contributed by atoms with Crippen molar-refractivity contribution in [3.05, 3.63) is 0 Å². The summed E-state index contributed by atoms with van der Waals surface area (Å²) in [6.07, 6.45) is 3.84. The van der Waals surface area contributed by atoms with Gasteiger partial charge in [0.05, 0.1) is 6.10 Å². The lowest BCUT2D eigenvalue weighted by Gasteiger charge is -2.42. The fourth-order valence-corrected chi connectivity index (χ4v) is 4.09. The average Bonchev–Trinajstić information content (AvgIpc) is 2.58. The van der Waals surface area contributed by atoms with Gasteiger partial charge in [0.25, 0.3) is 0 Å². The molecule has 2 fully saturated rings. The van der Waals surface area contributed by atoms with E-state index in [1.165, 1.54) is 25.8 Å². The molecule has 20 heavy (non-hydrogen) atoms. The van der Waals surface area contributed by atoms with Crippen LogP contribution in [0, 0.1) is 16.7 Å². The van der Waals surface area contributed by atoms with Gasteiger partial charge in [0.1, 0.15) is 0 Å². The Morgan fingerprint density at radius 2 is 1.75 bits per heavy atom. The van der Waals surface area contributed by atoms with E-state index in [1.807, 2.05) is 0 Å². The normalized spacial score (nSPS) is 29.7. The van der Waals surface area contributed by atoms with Crippen molar-refractivity contribution in [2.45, 2.75) is 66.0 Å². The Bertz CT molecular complexity index is 315. The molecule has 3 heteroatoms. The molecule has 0 saturated carbocycles. The zero-order valence-electron chi connectivity index (χ0n) is 14.1. The maximum Gasteiger partial charge on any atom is 0.0793 e. The zero-order valence-corrected chi connectivity index (χ0v) is 14.1. The van der Waals surface area contributed by atoms with E-state index in [1.54, 1.807) is 0 Å². The summed E-state index contributed by atoms with van der Waals surface area (Å²) in [5, 5.41) is 13.1. The number of aliphatic hydroxyl groups is 1. The third-order valence-corrected chi connectivity index (χ3v) is 4.60. The first kappa shape index (κ1) is 16.3. The molecule has 0 aromatic rings. The second-order valence-electron chi connectivity index (χ2n) is 9.19. The SMILES string of the molecule is CC(C)(C)CC1CNC(CC(C)(C)CN2CC(O)C2)C1. The number of nitrogens with one attached hydrogen (secondary N) is 1. The lowest BCUT2D eigenvalue weighted by atomic mass is 9.80. The molecule has 0 aliphatic carbocycles. The summed E-state index contributed by atoms with van der Waals surface area (Å²) in [6, 6.07) is 0.684. The smallest absolute Gasteiger partial charge is 0.0793 e. The van der Waals surface area contributed by atoms with Crippen LogP contribution in [-0.4, -0.2) is 48.3 Å². The third-order valence-electron chi connectivity index (χ3n) is 4.60. The summed E-state index contributed by atoms with van der Waals surface area (Å²) in [5.41, 5.74) is 0.791. The number of aliphatic hydroxyl groups excluding tert-OH is 1. The maximum absolute atomic E-state index is 9.39. The summed E-state index contributed by atoms with van der Waals surface area (Å²) < 4.78 is 0. The van der Waals surface area contributed by atoms with Crippen LogP contribution < -0.4 is 5.32 Å². The van der Waals surface area contributed by atoms with Crippen LogP contribution in [0.25, 0.3) is 0 Å². The Hall–Kier alpha value is -0.120. The van der Waals surface area contributed by atoms with Crippen LogP contribution in [0.2, 0.25) is 0 Å². The lowest BCUT2D eigenvalue weighted by molar-refractivity contribution is -0.0195. The molecule has 118 valence electrons. The fourth-order valence-electron chi connectivity index (χ4n) is 4.09. The lowest BCUT2D eigenvalue weighted by Crippen LogP contribution is -2.54. The molecule has 0 amide bonds. The van der Waals surface area contributed by atoms with Gasteiger partial charge >= 0.3 is 0 Å². The van der Waals surface area contributed by atoms with E-state index < -0.39 is 0 Å².